The largest absolute Gasteiger partial charge is 0.490 e. The third kappa shape index (κ3) is 6.95. The summed E-state index contributed by atoms with van der Waals surface area (Å²) in [5.74, 6) is -5.44. The van der Waals surface area contributed by atoms with Crippen LogP contribution in [0.15, 0.2) is 60.8 Å². The highest BCUT2D eigenvalue weighted by atomic mass is 19.4. The predicted molar refractivity (Wildman–Crippen MR) is 137 cm³/mol. The molecular formula is C28H20F6N4O4. The van der Waals surface area contributed by atoms with Crippen molar-refractivity contribution in [2.75, 3.05) is 6.54 Å². The molecule has 3 heterocycles. The van der Waals surface area contributed by atoms with Crippen LogP contribution in [0.25, 0.3) is 22.5 Å². The molecule has 0 aliphatic carbocycles. The Labute approximate surface area is 233 Å². The normalized spacial score (nSPS) is 12.5. The maximum Gasteiger partial charge on any atom is 0.490 e. The molecule has 8 nitrogen and oxygen atoms in total. The zero-order chi connectivity index (χ0) is 30.6. The van der Waals surface area contributed by atoms with Gasteiger partial charge in [-0.15, -0.1) is 0 Å². The number of alkyl halides is 3. The Bertz CT molecular complexity index is 1670. The zero-order valence-corrected chi connectivity index (χ0v) is 21.3. The molecule has 2 aromatic heterocycles. The number of amides is 2. The lowest BCUT2D eigenvalue weighted by Crippen LogP contribution is -2.31. The van der Waals surface area contributed by atoms with E-state index in [1.165, 1.54) is 36.4 Å². The zero-order valence-electron chi connectivity index (χ0n) is 21.3. The molecule has 0 bridgehead atoms. The third-order valence-corrected chi connectivity index (χ3v) is 6.04. The Morgan fingerprint density at radius 3 is 2.36 bits per heavy atom. The van der Waals surface area contributed by atoms with Crippen molar-refractivity contribution in [1.29, 1.82) is 0 Å². The molecule has 2 aromatic carbocycles. The highest BCUT2D eigenvalue weighted by Crippen LogP contribution is 2.30. The first-order chi connectivity index (χ1) is 19.8. The third-order valence-electron chi connectivity index (χ3n) is 6.04. The standard InChI is InChI=1S/C26H19F3N4O2.C2HF3O2/c27-16-3-1-2-14(8-16)12-32-25(34)17-5-4-15(9-20(17)28)23-10-18(21(29)13-31-23)24-11-19-22(33-24)6-7-30-26(19)35;3-2(4,5)1(6)7/h1-5,8-11,13,33H,6-7,12H2,(H,30,35)(H,32,34);(H,6,7). The van der Waals surface area contributed by atoms with Crippen molar-refractivity contribution in [2.24, 2.45) is 0 Å². The Hall–Kier alpha value is -5.14. The van der Waals surface area contributed by atoms with E-state index in [1.807, 2.05) is 0 Å². The number of hydrogen-bond donors (Lipinski definition) is 4. The van der Waals surface area contributed by atoms with Gasteiger partial charge in [0.05, 0.1) is 23.0 Å². The second-order valence-electron chi connectivity index (χ2n) is 8.94. The molecule has 0 unspecified atom stereocenters. The predicted octanol–water partition coefficient (Wildman–Crippen LogP) is 5.01. The molecule has 2 amide bonds. The van der Waals surface area contributed by atoms with E-state index in [0.29, 0.717) is 41.0 Å². The maximum absolute atomic E-state index is 14.8. The number of pyridine rings is 1. The number of fused-ring (bicyclic) bond motifs is 1. The lowest BCUT2D eigenvalue weighted by atomic mass is 10.0. The second-order valence-corrected chi connectivity index (χ2v) is 8.94. The van der Waals surface area contributed by atoms with Crippen molar-refractivity contribution in [3.63, 3.8) is 0 Å². The summed E-state index contributed by atoms with van der Waals surface area (Å²) in [5, 5.41) is 12.4. The molecule has 0 radical (unpaired) electrons. The minimum absolute atomic E-state index is 0.0405. The Kier molecular flexibility index (Phi) is 8.64. The number of carbonyl (C=O) groups excluding carboxylic acids is 2. The fourth-order valence-corrected chi connectivity index (χ4v) is 4.02. The van der Waals surface area contributed by atoms with E-state index >= 15 is 0 Å². The summed E-state index contributed by atoms with van der Waals surface area (Å²) >= 11 is 0. The molecule has 218 valence electrons. The van der Waals surface area contributed by atoms with Crippen LogP contribution in [0.2, 0.25) is 0 Å². The molecule has 0 spiro atoms. The van der Waals surface area contributed by atoms with Gasteiger partial charge >= 0.3 is 12.1 Å². The summed E-state index contributed by atoms with van der Waals surface area (Å²) in [5.41, 5.74) is 2.79. The lowest BCUT2D eigenvalue weighted by molar-refractivity contribution is -0.192. The van der Waals surface area contributed by atoms with Gasteiger partial charge in [0, 0.05) is 42.0 Å². The second kappa shape index (κ2) is 12.2. The molecule has 1 aliphatic heterocycles. The topological polar surface area (TPSA) is 124 Å². The van der Waals surface area contributed by atoms with E-state index in [-0.39, 0.29) is 23.6 Å². The molecule has 0 atom stereocenters. The lowest BCUT2D eigenvalue weighted by Gasteiger charge is -2.11. The van der Waals surface area contributed by atoms with Gasteiger partial charge in [-0.3, -0.25) is 14.6 Å². The van der Waals surface area contributed by atoms with Gasteiger partial charge < -0.3 is 20.7 Å². The highest BCUT2D eigenvalue weighted by molar-refractivity contribution is 5.98. The van der Waals surface area contributed by atoms with E-state index < -0.39 is 35.5 Å². The van der Waals surface area contributed by atoms with Crippen LogP contribution in [0, 0.1) is 17.5 Å². The van der Waals surface area contributed by atoms with Crippen LogP contribution in [0.3, 0.4) is 0 Å². The number of carbonyl (C=O) groups is 3. The fourth-order valence-electron chi connectivity index (χ4n) is 4.02. The molecule has 42 heavy (non-hydrogen) atoms. The van der Waals surface area contributed by atoms with Gasteiger partial charge in [0.25, 0.3) is 11.8 Å². The van der Waals surface area contributed by atoms with Crippen LogP contribution in [0.1, 0.15) is 32.0 Å². The summed E-state index contributed by atoms with van der Waals surface area (Å²) in [6.07, 6.45) is -3.45. The van der Waals surface area contributed by atoms with E-state index in [0.717, 1.165) is 18.0 Å². The van der Waals surface area contributed by atoms with Crippen LogP contribution in [0.5, 0.6) is 0 Å². The summed E-state index contributed by atoms with van der Waals surface area (Å²) in [6, 6.07) is 12.8. The number of nitrogens with zero attached hydrogens (tertiary/aromatic N) is 1. The molecule has 4 N–H and O–H groups in total. The molecule has 5 rings (SSSR count). The number of H-pyrrole nitrogens is 1. The first-order valence-corrected chi connectivity index (χ1v) is 12.1. The first-order valence-electron chi connectivity index (χ1n) is 12.1. The van der Waals surface area contributed by atoms with Gasteiger partial charge in [-0.25, -0.2) is 18.0 Å². The van der Waals surface area contributed by atoms with Crippen molar-refractivity contribution in [1.82, 2.24) is 20.6 Å². The van der Waals surface area contributed by atoms with Crippen LogP contribution in [-0.4, -0.2) is 45.6 Å². The van der Waals surface area contributed by atoms with Gasteiger partial charge in [-0.1, -0.05) is 18.2 Å². The Balaban J connectivity index is 0.000000517. The SMILES string of the molecule is O=C(NCc1cccc(F)c1)c1ccc(-c2cc(-c3cc4c([nH]3)CCNC4=O)c(F)cn2)cc1F.O=C(O)C(F)(F)F. The number of aromatic nitrogens is 2. The summed E-state index contributed by atoms with van der Waals surface area (Å²) < 4.78 is 74.4. The summed E-state index contributed by atoms with van der Waals surface area (Å²) in [6.45, 7) is 0.538. The van der Waals surface area contributed by atoms with E-state index in [2.05, 4.69) is 20.6 Å². The molecule has 0 fully saturated rings. The quantitative estimate of drug-likeness (QED) is 0.244. The molecule has 0 saturated carbocycles. The maximum atomic E-state index is 14.8. The minimum Gasteiger partial charge on any atom is -0.475 e. The molecule has 14 heteroatoms. The number of halogens is 6. The summed E-state index contributed by atoms with van der Waals surface area (Å²) in [4.78, 5) is 40.5. The van der Waals surface area contributed by atoms with Crippen LogP contribution in [0.4, 0.5) is 26.3 Å². The number of benzene rings is 2. The van der Waals surface area contributed by atoms with Crippen molar-refractivity contribution >= 4 is 17.8 Å². The van der Waals surface area contributed by atoms with Gasteiger partial charge in [-0.05, 0) is 42.0 Å². The first kappa shape index (κ1) is 29.8. The van der Waals surface area contributed by atoms with Gasteiger partial charge in [-0.2, -0.15) is 13.2 Å². The smallest absolute Gasteiger partial charge is 0.475 e. The molecule has 0 saturated heterocycles. The van der Waals surface area contributed by atoms with E-state index in [1.54, 1.807) is 12.1 Å². The number of aliphatic carboxylic acids is 1. The monoisotopic (exact) mass is 590 g/mol. The summed E-state index contributed by atoms with van der Waals surface area (Å²) in [7, 11) is 0. The number of rotatable bonds is 5. The highest BCUT2D eigenvalue weighted by Gasteiger charge is 2.38. The number of carboxylic acid groups (broad SMARTS) is 1. The van der Waals surface area contributed by atoms with Crippen LogP contribution < -0.4 is 10.6 Å². The fraction of sp³-hybridized carbons (Fsp3) is 0.143. The molecular weight excluding hydrogens is 570 g/mol. The van der Waals surface area contributed by atoms with Crippen molar-refractivity contribution in [2.45, 2.75) is 19.1 Å². The average Bonchev–Trinajstić information content (AvgIpc) is 3.37. The van der Waals surface area contributed by atoms with Crippen molar-refractivity contribution < 1.29 is 45.8 Å². The Morgan fingerprint density at radius 1 is 0.976 bits per heavy atom. The van der Waals surface area contributed by atoms with E-state index in [4.69, 9.17) is 9.90 Å². The van der Waals surface area contributed by atoms with Crippen molar-refractivity contribution in [3.05, 3.63) is 101 Å². The number of hydrogen-bond acceptors (Lipinski definition) is 4. The minimum atomic E-state index is -5.08. The van der Waals surface area contributed by atoms with Gasteiger partial charge in [0.1, 0.15) is 11.6 Å². The number of carboxylic acids is 1. The van der Waals surface area contributed by atoms with E-state index in [9.17, 15) is 35.9 Å². The van der Waals surface area contributed by atoms with Crippen LogP contribution in [-0.2, 0) is 17.8 Å². The Morgan fingerprint density at radius 2 is 1.71 bits per heavy atom. The van der Waals surface area contributed by atoms with Gasteiger partial charge in [0.2, 0.25) is 0 Å². The molecule has 4 aromatic rings. The van der Waals surface area contributed by atoms with Gasteiger partial charge in [0.15, 0.2) is 5.82 Å². The molecule has 1 aliphatic rings. The average molecular weight is 590 g/mol. The van der Waals surface area contributed by atoms with Crippen LogP contribution >= 0.6 is 0 Å². The number of aromatic amines is 1. The number of nitrogens with one attached hydrogen (secondary N) is 3. The van der Waals surface area contributed by atoms with Crippen molar-refractivity contribution in [3.8, 4) is 22.5 Å².